The van der Waals surface area contributed by atoms with Crippen LogP contribution in [-0.4, -0.2) is 80.8 Å². The van der Waals surface area contributed by atoms with Crippen LogP contribution in [0.1, 0.15) is 44.6 Å². The van der Waals surface area contributed by atoms with E-state index in [1.54, 1.807) is 0 Å². The van der Waals surface area contributed by atoms with Gasteiger partial charge in [-0.2, -0.15) is 0 Å². The summed E-state index contributed by atoms with van der Waals surface area (Å²) in [6, 6.07) is 8.21. The molecule has 2 N–H and O–H groups in total. The van der Waals surface area contributed by atoms with Crippen LogP contribution in [0.2, 0.25) is 0 Å². The molecule has 2 aliphatic heterocycles. The Morgan fingerprint density at radius 3 is 2.53 bits per heavy atom. The molecule has 1 atom stereocenters. The highest BCUT2D eigenvalue weighted by molar-refractivity contribution is 5.79. The van der Waals surface area contributed by atoms with E-state index in [1.807, 2.05) is 19.2 Å². The number of likely N-dealkylation sites (tertiary alicyclic amines) is 2. The number of aryl methyl sites for hydroxylation is 1. The Bertz CT molecular complexity index is 678. The van der Waals surface area contributed by atoms with Crippen molar-refractivity contribution in [1.82, 2.24) is 20.4 Å². The summed E-state index contributed by atoms with van der Waals surface area (Å²) in [5.74, 6) is 1.78. The third kappa shape index (κ3) is 6.35. The van der Waals surface area contributed by atoms with Crippen molar-refractivity contribution in [3.63, 3.8) is 0 Å². The van der Waals surface area contributed by atoms with E-state index in [-0.39, 0.29) is 11.6 Å². The van der Waals surface area contributed by atoms with Crippen LogP contribution >= 0.6 is 0 Å². The minimum absolute atomic E-state index is 0.0599. The predicted octanol–water partition coefficient (Wildman–Crippen LogP) is 2.88. The number of guanidine groups is 1. The molecule has 1 aromatic carbocycles. The standard InChI is InChI=1S/C24H41N5O/c1-20-9-8-10-22(17-20)30-21(2)18-26-23(25-3)27-19-24(11-15-28(4)16-12-24)29-13-6-5-7-14-29/h8-10,17,21H,5-7,11-16,18-19H2,1-4H3,(H2,25,26,27). The van der Waals surface area contributed by atoms with Crippen molar-refractivity contribution in [2.45, 2.75) is 57.6 Å². The third-order valence-electron chi connectivity index (χ3n) is 6.64. The Labute approximate surface area is 183 Å². The Morgan fingerprint density at radius 2 is 1.87 bits per heavy atom. The highest BCUT2D eigenvalue weighted by Crippen LogP contribution is 2.30. The molecule has 0 amide bonds. The van der Waals surface area contributed by atoms with E-state index in [0.717, 1.165) is 18.3 Å². The maximum atomic E-state index is 6.05. The fourth-order valence-electron chi connectivity index (χ4n) is 4.68. The maximum absolute atomic E-state index is 6.05. The first kappa shape index (κ1) is 22.9. The van der Waals surface area contributed by atoms with E-state index in [2.05, 4.69) is 58.5 Å². The van der Waals surface area contributed by atoms with E-state index in [9.17, 15) is 0 Å². The lowest BCUT2D eigenvalue weighted by atomic mass is 9.84. The predicted molar refractivity (Wildman–Crippen MR) is 126 cm³/mol. The number of ether oxygens (including phenoxy) is 1. The monoisotopic (exact) mass is 415 g/mol. The summed E-state index contributed by atoms with van der Waals surface area (Å²) in [4.78, 5) is 9.68. The SMILES string of the molecule is CN=C(NCC(C)Oc1cccc(C)c1)NCC1(N2CCCCC2)CCN(C)CC1. The number of nitrogens with one attached hydrogen (secondary N) is 2. The zero-order valence-electron chi connectivity index (χ0n) is 19.4. The van der Waals surface area contributed by atoms with Gasteiger partial charge < -0.3 is 20.3 Å². The molecule has 0 spiro atoms. The number of rotatable bonds is 7. The average molecular weight is 416 g/mol. The average Bonchev–Trinajstić information content (AvgIpc) is 2.76. The molecule has 0 saturated carbocycles. The minimum Gasteiger partial charge on any atom is -0.489 e. The van der Waals surface area contributed by atoms with Crippen molar-refractivity contribution in [3.05, 3.63) is 29.8 Å². The molecule has 1 unspecified atom stereocenters. The van der Waals surface area contributed by atoms with Gasteiger partial charge in [0.05, 0.1) is 6.54 Å². The van der Waals surface area contributed by atoms with Gasteiger partial charge in [-0.3, -0.25) is 9.89 Å². The Balaban J connectivity index is 1.52. The summed E-state index contributed by atoms with van der Waals surface area (Å²) >= 11 is 0. The first-order valence-corrected chi connectivity index (χ1v) is 11.6. The Kier molecular flexibility index (Phi) is 8.40. The first-order valence-electron chi connectivity index (χ1n) is 11.6. The summed E-state index contributed by atoms with van der Waals surface area (Å²) in [7, 11) is 4.09. The van der Waals surface area contributed by atoms with Crippen LogP contribution in [0, 0.1) is 6.92 Å². The van der Waals surface area contributed by atoms with Crippen LogP contribution in [0.15, 0.2) is 29.3 Å². The van der Waals surface area contributed by atoms with Crippen molar-refractivity contribution in [2.75, 3.05) is 53.4 Å². The van der Waals surface area contributed by atoms with Gasteiger partial charge in [0.1, 0.15) is 11.9 Å². The van der Waals surface area contributed by atoms with Crippen molar-refractivity contribution in [2.24, 2.45) is 4.99 Å². The lowest BCUT2D eigenvalue weighted by Gasteiger charge is -2.50. The van der Waals surface area contributed by atoms with Gasteiger partial charge in [0.2, 0.25) is 0 Å². The number of hydrogen-bond donors (Lipinski definition) is 2. The molecule has 6 heteroatoms. The highest BCUT2D eigenvalue weighted by atomic mass is 16.5. The molecule has 0 aliphatic carbocycles. The van der Waals surface area contributed by atoms with Crippen LogP contribution in [0.3, 0.4) is 0 Å². The molecule has 0 aromatic heterocycles. The van der Waals surface area contributed by atoms with Crippen molar-refractivity contribution in [3.8, 4) is 5.75 Å². The second kappa shape index (κ2) is 11.0. The Hall–Kier alpha value is -1.79. The molecule has 6 nitrogen and oxygen atoms in total. The number of benzene rings is 1. The minimum atomic E-state index is 0.0599. The largest absolute Gasteiger partial charge is 0.489 e. The maximum Gasteiger partial charge on any atom is 0.191 e. The van der Waals surface area contributed by atoms with Crippen molar-refractivity contribution >= 4 is 5.96 Å². The van der Waals surface area contributed by atoms with Crippen LogP contribution < -0.4 is 15.4 Å². The van der Waals surface area contributed by atoms with E-state index in [4.69, 9.17) is 4.74 Å². The van der Waals surface area contributed by atoms with Gasteiger partial charge in [-0.1, -0.05) is 18.6 Å². The smallest absolute Gasteiger partial charge is 0.191 e. The van der Waals surface area contributed by atoms with Crippen LogP contribution in [-0.2, 0) is 0 Å². The summed E-state index contributed by atoms with van der Waals surface area (Å²) in [5.41, 5.74) is 1.46. The second-order valence-electron chi connectivity index (χ2n) is 9.13. The second-order valence-corrected chi connectivity index (χ2v) is 9.13. The molecule has 168 valence electrons. The van der Waals surface area contributed by atoms with Gasteiger partial charge in [0, 0.05) is 19.1 Å². The summed E-state index contributed by atoms with van der Waals surface area (Å²) in [6.45, 7) is 10.7. The molecule has 1 aromatic rings. The van der Waals surface area contributed by atoms with E-state index in [1.165, 1.54) is 63.8 Å². The molecule has 2 fully saturated rings. The molecule has 2 aliphatic rings. The van der Waals surface area contributed by atoms with Gasteiger partial charge in [0.15, 0.2) is 5.96 Å². The fraction of sp³-hybridized carbons (Fsp3) is 0.708. The number of nitrogens with zero attached hydrogens (tertiary/aromatic N) is 3. The van der Waals surface area contributed by atoms with Gasteiger partial charge >= 0.3 is 0 Å². The van der Waals surface area contributed by atoms with Gasteiger partial charge in [-0.15, -0.1) is 0 Å². The number of hydrogen-bond acceptors (Lipinski definition) is 4. The van der Waals surface area contributed by atoms with Crippen LogP contribution in [0.4, 0.5) is 0 Å². The normalized spacial score (nSPS) is 21.8. The van der Waals surface area contributed by atoms with E-state index in [0.29, 0.717) is 6.54 Å². The number of aliphatic imine (C=N–C) groups is 1. The molecule has 2 saturated heterocycles. The zero-order chi connectivity index (χ0) is 21.4. The first-order chi connectivity index (χ1) is 14.5. The van der Waals surface area contributed by atoms with Crippen molar-refractivity contribution in [1.29, 1.82) is 0 Å². The van der Waals surface area contributed by atoms with E-state index >= 15 is 0 Å². The highest BCUT2D eigenvalue weighted by Gasteiger charge is 2.39. The molecule has 0 radical (unpaired) electrons. The quantitative estimate of drug-likeness (QED) is 0.530. The molecular weight excluding hydrogens is 374 g/mol. The Morgan fingerprint density at radius 1 is 1.13 bits per heavy atom. The van der Waals surface area contributed by atoms with Crippen LogP contribution in [0.25, 0.3) is 0 Å². The lowest BCUT2D eigenvalue weighted by Crippen LogP contribution is -2.62. The summed E-state index contributed by atoms with van der Waals surface area (Å²) in [5, 5.41) is 7.10. The summed E-state index contributed by atoms with van der Waals surface area (Å²) < 4.78 is 6.05. The summed E-state index contributed by atoms with van der Waals surface area (Å²) in [6.07, 6.45) is 6.55. The molecule has 2 heterocycles. The van der Waals surface area contributed by atoms with Gasteiger partial charge in [0.25, 0.3) is 0 Å². The van der Waals surface area contributed by atoms with Gasteiger partial charge in [-0.05, 0) is 90.5 Å². The molecule has 0 bridgehead atoms. The van der Waals surface area contributed by atoms with Gasteiger partial charge in [-0.25, -0.2) is 0 Å². The number of piperidine rings is 2. The van der Waals surface area contributed by atoms with E-state index < -0.39 is 0 Å². The lowest BCUT2D eigenvalue weighted by molar-refractivity contribution is 0.0173. The van der Waals surface area contributed by atoms with Crippen molar-refractivity contribution < 1.29 is 4.74 Å². The molecule has 3 rings (SSSR count). The molecule has 30 heavy (non-hydrogen) atoms. The molecular formula is C24H41N5O. The van der Waals surface area contributed by atoms with Crippen LogP contribution in [0.5, 0.6) is 5.75 Å². The topological polar surface area (TPSA) is 52.1 Å². The zero-order valence-corrected chi connectivity index (χ0v) is 19.4. The third-order valence-corrected chi connectivity index (χ3v) is 6.64. The fourth-order valence-corrected chi connectivity index (χ4v) is 4.68.